The molecule has 16 heavy (non-hydrogen) atoms. The van der Waals surface area contributed by atoms with E-state index >= 15 is 0 Å². The van der Waals surface area contributed by atoms with Gasteiger partial charge in [0, 0.05) is 30.8 Å². The smallest absolute Gasteiger partial charge is 0.0946 e. The second-order valence-corrected chi connectivity index (χ2v) is 4.55. The van der Waals surface area contributed by atoms with Crippen LogP contribution in [0.5, 0.6) is 0 Å². The molecule has 0 radical (unpaired) electrons. The molecule has 0 saturated heterocycles. The molecule has 0 saturated carbocycles. The minimum absolute atomic E-state index is 0.606. The first-order chi connectivity index (χ1) is 7.75. The zero-order chi connectivity index (χ0) is 11.4. The van der Waals surface area contributed by atoms with E-state index in [0.717, 1.165) is 13.0 Å². The number of rotatable bonds is 5. The third-order valence-electron chi connectivity index (χ3n) is 2.99. The van der Waals surface area contributed by atoms with Gasteiger partial charge in [-0.05, 0) is 24.3 Å². The van der Waals surface area contributed by atoms with Crippen LogP contribution in [0.25, 0.3) is 0 Å². The number of nitrogens with zero attached hydrogens (tertiary/aromatic N) is 3. The van der Waals surface area contributed by atoms with E-state index in [1.54, 1.807) is 0 Å². The maximum absolute atomic E-state index is 4.07. The molecule has 2 aromatic rings. The molecule has 1 atom stereocenters. The quantitative estimate of drug-likeness (QED) is 0.835. The second-order valence-electron chi connectivity index (χ2n) is 4.55. The Kier molecular flexibility index (Phi) is 3.39. The number of H-pyrrole nitrogens is 1. The van der Waals surface area contributed by atoms with Gasteiger partial charge >= 0.3 is 0 Å². The highest BCUT2D eigenvalue weighted by Crippen LogP contribution is 2.18. The Balaban J connectivity index is 2.00. The Morgan fingerprint density at radius 2 is 2.25 bits per heavy atom. The Labute approximate surface area is 95.7 Å². The first kappa shape index (κ1) is 10.9. The van der Waals surface area contributed by atoms with Gasteiger partial charge in [-0.3, -0.25) is 5.10 Å². The molecule has 4 nitrogen and oxygen atoms in total. The summed E-state index contributed by atoms with van der Waals surface area (Å²) in [5.41, 5.74) is 1.21. The molecule has 1 N–H and O–H groups in total. The van der Waals surface area contributed by atoms with E-state index in [1.165, 1.54) is 5.69 Å². The summed E-state index contributed by atoms with van der Waals surface area (Å²) in [6.07, 6.45) is 8.57. The molecular formula is C12H18N4. The van der Waals surface area contributed by atoms with Crippen molar-refractivity contribution in [2.24, 2.45) is 11.8 Å². The molecule has 2 rings (SSSR count). The second kappa shape index (κ2) is 4.96. The van der Waals surface area contributed by atoms with Gasteiger partial charge in [-0.2, -0.15) is 5.10 Å². The van der Waals surface area contributed by atoms with Crippen molar-refractivity contribution in [1.29, 1.82) is 0 Å². The zero-order valence-corrected chi connectivity index (χ0v) is 9.80. The van der Waals surface area contributed by atoms with E-state index < -0.39 is 0 Å². The van der Waals surface area contributed by atoms with Crippen LogP contribution in [0, 0.1) is 11.8 Å². The Morgan fingerprint density at radius 3 is 2.81 bits per heavy atom. The first-order valence-electron chi connectivity index (χ1n) is 5.69. The largest absolute Gasteiger partial charge is 0.337 e. The normalized spacial score (nSPS) is 13.2. The summed E-state index contributed by atoms with van der Waals surface area (Å²) in [5.74, 6) is 1.25. The molecule has 0 aliphatic rings. The average molecular weight is 218 g/mol. The molecule has 0 aliphatic carbocycles. The molecule has 2 aromatic heterocycles. The van der Waals surface area contributed by atoms with Crippen LogP contribution in [0.3, 0.4) is 0 Å². The van der Waals surface area contributed by atoms with Crippen molar-refractivity contribution in [2.45, 2.75) is 26.8 Å². The fourth-order valence-electron chi connectivity index (χ4n) is 1.86. The van der Waals surface area contributed by atoms with Crippen LogP contribution in [0.4, 0.5) is 0 Å². The molecular weight excluding hydrogens is 200 g/mol. The van der Waals surface area contributed by atoms with Gasteiger partial charge in [0.25, 0.3) is 0 Å². The first-order valence-corrected chi connectivity index (χ1v) is 5.69. The third-order valence-corrected chi connectivity index (χ3v) is 2.99. The van der Waals surface area contributed by atoms with Crippen LogP contribution in [0.15, 0.2) is 31.0 Å². The van der Waals surface area contributed by atoms with E-state index in [1.807, 2.05) is 31.0 Å². The molecule has 0 spiro atoms. The highest BCUT2D eigenvalue weighted by molar-refractivity contribution is 4.99. The Morgan fingerprint density at radius 1 is 1.38 bits per heavy atom. The molecule has 2 heterocycles. The van der Waals surface area contributed by atoms with Gasteiger partial charge in [0.1, 0.15) is 0 Å². The molecule has 0 aliphatic heterocycles. The van der Waals surface area contributed by atoms with Gasteiger partial charge in [-0.15, -0.1) is 0 Å². The lowest BCUT2D eigenvalue weighted by atomic mass is 9.91. The molecule has 0 amide bonds. The van der Waals surface area contributed by atoms with Crippen molar-refractivity contribution in [1.82, 2.24) is 19.7 Å². The van der Waals surface area contributed by atoms with E-state index in [2.05, 4.69) is 33.6 Å². The van der Waals surface area contributed by atoms with Gasteiger partial charge in [-0.1, -0.05) is 13.8 Å². The molecule has 0 fully saturated rings. The number of nitrogens with one attached hydrogen (secondary N) is 1. The summed E-state index contributed by atoms with van der Waals surface area (Å²) in [6.45, 7) is 5.53. The fraction of sp³-hybridized carbons (Fsp3) is 0.500. The number of hydrogen-bond donors (Lipinski definition) is 1. The predicted octanol–water partition coefficient (Wildman–Crippen LogP) is 2.12. The van der Waals surface area contributed by atoms with E-state index in [-0.39, 0.29) is 0 Å². The van der Waals surface area contributed by atoms with Crippen molar-refractivity contribution in [3.05, 3.63) is 36.7 Å². The van der Waals surface area contributed by atoms with Crippen molar-refractivity contribution in [3.8, 4) is 0 Å². The van der Waals surface area contributed by atoms with E-state index in [4.69, 9.17) is 0 Å². The van der Waals surface area contributed by atoms with Crippen LogP contribution in [0.2, 0.25) is 0 Å². The van der Waals surface area contributed by atoms with Crippen LogP contribution in [-0.2, 0) is 13.0 Å². The molecule has 0 aromatic carbocycles. The standard InChI is InChI=1S/C12H18N4/c1-10(2)11(7-12-3-4-14-15-12)8-16-6-5-13-9-16/h3-6,9-11H,7-8H2,1-2H3,(H,14,15). The maximum atomic E-state index is 4.07. The summed E-state index contributed by atoms with van der Waals surface area (Å²) >= 11 is 0. The SMILES string of the molecule is CC(C)C(Cc1ccn[nH]1)Cn1ccnc1. The monoisotopic (exact) mass is 218 g/mol. The van der Waals surface area contributed by atoms with Crippen LogP contribution in [0.1, 0.15) is 19.5 Å². The minimum atomic E-state index is 0.606. The van der Waals surface area contributed by atoms with Crippen LogP contribution < -0.4 is 0 Å². The number of hydrogen-bond acceptors (Lipinski definition) is 2. The van der Waals surface area contributed by atoms with E-state index in [9.17, 15) is 0 Å². The van der Waals surface area contributed by atoms with E-state index in [0.29, 0.717) is 11.8 Å². The molecule has 0 bridgehead atoms. The minimum Gasteiger partial charge on any atom is -0.337 e. The topological polar surface area (TPSA) is 46.5 Å². The molecule has 1 unspecified atom stereocenters. The van der Waals surface area contributed by atoms with Gasteiger partial charge in [0.2, 0.25) is 0 Å². The summed E-state index contributed by atoms with van der Waals surface area (Å²) < 4.78 is 2.14. The average Bonchev–Trinajstić information content (AvgIpc) is 2.88. The predicted molar refractivity (Wildman–Crippen MR) is 62.8 cm³/mol. The summed E-state index contributed by atoms with van der Waals surface area (Å²) in [7, 11) is 0. The third kappa shape index (κ3) is 2.72. The summed E-state index contributed by atoms with van der Waals surface area (Å²) in [5, 5.41) is 7.01. The van der Waals surface area contributed by atoms with Crippen molar-refractivity contribution >= 4 is 0 Å². The summed E-state index contributed by atoms with van der Waals surface area (Å²) in [4.78, 5) is 4.07. The highest BCUT2D eigenvalue weighted by atomic mass is 15.1. The number of imidazole rings is 1. The van der Waals surface area contributed by atoms with Gasteiger partial charge in [0.05, 0.1) is 6.33 Å². The Hall–Kier alpha value is -1.58. The van der Waals surface area contributed by atoms with Crippen molar-refractivity contribution < 1.29 is 0 Å². The molecule has 86 valence electrons. The van der Waals surface area contributed by atoms with Crippen LogP contribution >= 0.6 is 0 Å². The highest BCUT2D eigenvalue weighted by Gasteiger charge is 2.15. The Bertz CT molecular complexity index is 352. The number of aromatic nitrogens is 4. The maximum Gasteiger partial charge on any atom is 0.0946 e. The van der Waals surface area contributed by atoms with Crippen LogP contribution in [-0.4, -0.2) is 19.7 Å². The lowest BCUT2D eigenvalue weighted by Gasteiger charge is -2.20. The van der Waals surface area contributed by atoms with Crippen molar-refractivity contribution in [2.75, 3.05) is 0 Å². The summed E-state index contributed by atoms with van der Waals surface area (Å²) in [6, 6.07) is 2.04. The van der Waals surface area contributed by atoms with Gasteiger partial charge in [0.15, 0.2) is 0 Å². The van der Waals surface area contributed by atoms with Gasteiger partial charge < -0.3 is 4.57 Å². The fourth-order valence-corrected chi connectivity index (χ4v) is 1.86. The van der Waals surface area contributed by atoms with Gasteiger partial charge in [-0.25, -0.2) is 4.98 Å². The number of aromatic amines is 1. The zero-order valence-electron chi connectivity index (χ0n) is 9.80. The molecule has 4 heteroatoms. The lowest BCUT2D eigenvalue weighted by molar-refractivity contribution is 0.330. The van der Waals surface area contributed by atoms with Crippen molar-refractivity contribution in [3.63, 3.8) is 0 Å². The lowest BCUT2D eigenvalue weighted by Crippen LogP contribution is -2.18.